The Hall–Kier alpha value is -2.11. The standard InChI is InChI=1S/C24H27ClFNO3/c1-24(13-18-2-4-20(25)21(26)11-18)14-19-10-17(3-5-22(19)30-24)12-23(29)27-8-6-16(15-28)7-9-27/h2-5,10-11,16,28H,6-9,12-15H2,1H3/t24-/m1/s1. The normalized spacial score (nSPS) is 21.4. The first-order valence-corrected chi connectivity index (χ1v) is 10.9. The first kappa shape index (κ1) is 21.1. The molecule has 6 heteroatoms. The minimum absolute atomic E-state index is 0.120. The molecule has 0 radical (unpaired) electrons. The Morgan fingerprint density at radius 3 is 2.67 bits per heavy atom. The quantitative estimate of drug-likeness (QED) is 0.772. The van der Waals surface area contributed by atoms with Crippen LogP contribution < -0.4 is 4.74 Å². The Bertz CT molecular complexity index is 942. The zero-order valence-electron chi connectivity index (χ0n) is 17.2. The molecule has 0 bridgehead atoms. The van der Waals surface area contributed by atoms with Gasteiger partial charge < -0.3 is 14.7 Å². The van der Waals surface area contributed by atoms with E-state index >= 15 is 0 Å². The molecule has 2 heterocycles. The fourth-order valence-electron chi connectivity index (χ4n) is 4.52. The predicted molar refractivity (Wildman–Crippen MR) is 114 cm³/mol. The lowest BCUT2D eigenvalue weighted by molar-refractivity contribution is -0.132. The molecule has 1 amide bonds. The van der Waals surface area contributed by atoms with Gasteiger partial charge >= 0.3 is 0 Å². The summed E-state index contributed by atoms with van der Waals surface area (Å²) in [4.78, 5) is 14.6. The lowest BCUT2D eigenvalue weighted by Gasteiger charge is -2.31. The van der Waals surface area contributed by atoms with Gasteiger partial charge in [-0.05, 0) is 60.6 Å². The number of amides is 1. The third-order valence-corrected chi connectivity index (χ3v) is 6.50. The number of rotatable bonds is 5. The van der Waals surface area contributed by atoms with Gasteiger partial charge in [0.2, 0.25) is 5.91 Å². The van der Waals surface area contributed by atoms with Crippen molar-refractivity contribution < 1.29 is 19.0 Å². The molecule has 1 saturated heterocycles. The van der Waals surface area contributed by atoms with Gasteiger partial charge in [-0.2, -0.15) is 0 Å². The summed E-state index contributed by atoms with van der Waals surface area (Å²) in [5.74, 6) is 0.853. The SMILES string of the molecule is C[C@@]1(Cc2ccc(Cl)c(F)c2)Cc2cc(CC(=O)N3CCC(CO)CC3)ccc2O1. The molecular formula is C24H27ClFNO3. The van der Waals surface area contributed by atoms with Gasteiger partial charge in [0.15, 0.2) is 0 Å². The van der Waals surface area contributed by atoms with Crippen LogP contribution in [0.15, 0.2) is 36.4 Å². The number of aliphatic hydroxyl groups is 1. The van der Waals surface area contributed by atoms with Crippen LogP contribution in [-0.4, -0.2) is 41.2 Å². The van der Waals surface area contributed by atoms with Crippen LogP contribution in [0.5, 0.6) is 5.75 Å². The average Bonchev–Trinajstić information content (AvgIpc) is 3.05. The van der Waals surface area contributed by atoms with Gasteiger partial charge in [0.1, 0.15) is 17.2 Å². The summed E-state index contributed by atoms with van der Waals surface area (Å²) < 4.78 is 20.0. The Labute approximate surface area is 181 Å². The first-order valence-electron chi connectivity index (χ1n) is 10.5. The average molecular weight is 432 g/mol. The molecule has 4 rings (SSSR count). The predicted octanol–water partition coefficient (Wildman–Crippen LogP) is 4.19. The van der Waals surface area contributed by atoms with Crippen molar-refractivity contribution in [3.63, 3.8) is 0 Å². The lowest BCUT2D eigenvalue weighted by Crippen LogP contribution is -2.40. The molecule has 1 N–H and O–H groups in total. The number of ether oxygens (including phenoxy) is 1. The van der Waals surface area contributed by atoms with Crippen molar-refractivity contribution in [2.45, 2.75) is 44.6 Å². The fourth-order valence-corrected chi connectivity index (χ4v) is 4.63. The highest BCUT2D eigenvalue weighted by atomic mass is 35.5. The molecule has 0 unspecified atom stereocenters. The molecule has 2 aromatic rings. The summed E-state index contributed by atoms with van der Waals surface area (Å²) in [5.41, 5.74) is 2.44. The minimum Gasteiger partial charge on any atom is -0.487 e. The molecular weight excluding hydrogens is 405 g/mol. The molecule has 2 aromatic carbocycles. The Balaban J connectivity index is 1.40. The molecule has 1 atom stereocenters. The van der Waals surface area contributed by atoms with Gasteiger partial charge in [-0.1, -0.05) is 29.8 Å². The van der Waals surface area contributed by atoms with Crippen LogP contribution in [-0.2, 0) is 24.1 Å². The van der Waals surface area contributed by atoms with Crippen molar-refractivity contribution in [1.29, 1.82) is 0 Å². The van der Waals surface area contributed by atoms with Crippen LogP contribution in [0.4, 0.5) is 4.39 Å². The van der Waals surface area contributed by atoms with E-state index in [1.807, 2.05) is 30.0 Å². The smallest absolute Gasteiger partial charge is 0.226 e. The summed E-state index contributed by atoms with van der Waals surface area (Å²) in [7, 11) is 0. The molecule has 4 nitrogen and oxygen atoms in total. The summed E-state index contributed by atoms with van der Waals surface area (Å²) in [6, 6.07) is 10.8. The van der Waals surface area contributed by atoms with Gasteiger partial charge in [0.05, 0.1) is 11.4 Å². The van der Waals surface area contributed by atoms with Crippen molar-refractivity contribution in [2.24, 2.45) is 5.92 Å². The zero-order chi connectivity index (χ0) is 21.3. The molecule has 2 aliphatic heterocycles. The van der Waals surface area contributed by atoms with Gasteiger partial charge in [-0.3, -0.25) is 4.79 Å². The van der Waals surface area contributed by atoms with E-state index in [0.29, 0.717) is 38.3 Å². The maximum absolute atomic E-state index is 13.8. The summed E-state index contributed by atoms with van der Waals surface area (Å²) in [5, 5.41) is 9.38. The van der Waals surface area contributed by atoms with E-state index in [0.717, 1.165) is 35.3 Å². The number of hydrogen-bond donors (Lipinski definition) is 1. The lowest BCUT2D eigenvalue weighted by atomic mass is 9.91. The number of halogens is 2. The highest BCUT2D eigenvalue weighted by molar-refractivity contribution is 6.30. The van der Waals surface area contributed by atoms with Gasteiger partial charge in [-0.25, -0.2) is 4.39 Å². The second-order valence-corrected chi connectivity index (χ2v) is 9.19. The van der Waals surface area contributed by atoms with Crippen molar-refractivity contribution in [1.82, 2.24) is 4.90 Å². The van der Waals surface area contributed by atoms with E-state index in [4.69, 9.17) is 16.3 Å². The minimum atomic E-state index is -0.461. The topological polar surface area (TPSA) is 49.8 Å². The monoisotopic (exact) mass is 431 g/mol. The number of aliphatic hydroxyl groups excluding tert-OH is 1. The summed E-state index contributed by atoms with van der Waals surface area (Å²) in [6.45, 7) is 3.66. The number of benzene rings is 2. The highest BCUT2D eigenvalue weighted by Crippen LogP contribution is 2.38. The Morgan fingerprint density at radius 1 is 1.23 bits per heavy atom. The molecule has 0 saturated carbocycles. The number of piperidine rings is 1. The van der Waals surface area contributed by atoms with E-state index < -0.39 is 11.4 Å². The Kier molecular flexibility index (Phi) is 6.03. The molecule has 0 aliphatic carbocycles. The van der Waals surface area contributed by atoms with Crippen molar-refractivity contribution >= 4 is 17.5 Å². The van der Waals surface area contributed by atoms with E-state index in [2.05, 4.69) is 6.07 Å². The maximum atomic E-state index is 13.8. The molecule has 0 spiro atoms. The van der Waals surface area contributed by atoms with Crippen molar-refractivity contribution in [3.8, 4) is 5.75 Å². The number of likely N-dealkylation sites (tertiary alicyclic amines) is 1. The summed E-state index contributed by atoms with van der Waals surface area (Å²) in [6.07, 6.45) is 3.38. The number of carbonyl (C=O) groups is 1. The molecule has 0 aromatic heterocycles. The molecule has 1 fully saturated rings. The second kappa shape index (κ2) is 8.56. The van der Waals surface area contributed by atoms with Gasteiger partial charge in [0.25, 0.3) is 0 Å². The van der Waals surface area contributed by atoms with Crippen molar-refractivity contribution in [3.05, 3.63) is 63.9 Å². The third kappa shape index (κ3) is 4.62. The van der Waals surface area contributed by atoms with Crippen LogP contribution in [0.1, 0.15) is 36.5 Å². The highest BCUT2D eigenvalue weighted by Gasteiger charge is 2.35. The summed E-state index contributed by atoms with van der Waals surface area (Å²) >= 11 is 5.79. The number of nitrogens with zero attached hydrogens (tertiary/aromatic N) is 1. The largest absolute Gasteiger partial charge is 0.487 e. The van der Waals surface area contributed by atoms with Crippen LogP contribution in [0.25, 0.3) is 0 Å². The van der Waals surface area contributed by atoms with Crippen LogP contribution in [0.3, 0.4) is 0 Å². The van der Waals surface area contributed by atoms with E-state index in [-0.39, 0.29) is 17.5 Å². The molecule has 2 aliphatic rings. The van der Waals surface area contributed by atoms with Gasteiger partial charge in [-0.15, -0.1) is 0 Å². The molecule has 160 valence electrons. The first-order chi connectivity index (χ1) is 14.3. The maximum Gasteiger partial charge on any atom is 0.226 e. The fraction of sp³-hybridized carbons (Fsp3) is 0.458. The van der Waals surface area contributed by atoms with E-state index in [9.17, 15) is 14.3 Å². The van der Waals surface area contributed by atoms with Crippen LogP contribution in [0.2, 0.25) is 5.02 Å². The number of hydrogen-bond acceptors (Lipinski definition) is 3. The van der Waals surface area contributed by atoms with Gasteiger partial charge in [0, 0.05) is 32.5 Å². The number of fused-ring (bicyclic) bond motifs is 1. The Morgan fingerprint density at radius 2 is 1.97 bits per heavy atom. The molecule has 30 heavy (non-hydrogen) atoms. The van der Waals surface area contributed by atoms with E-state index in [1.54, 1.807) is 6.07 Å². The third-order valence-electron chi connectivity index (χ3n) is 6.19. The second-order valence-electron chi connectivity index (χ2n) is 8.78. The number of carbonyl (C=O) groups excluding carboxylic acids is 1. The van der Waals surface area contributed by atoms with E-state index in [1.165, 1.54) is 6.07 Å². The van der Waals surface area contributed by atoms with Crippen LogP contribution >= 0.6 is 11.6 Å². The zero-order valence-corrected chi connectivity index (χ0v) is 17.9. The van der Waals surface area contributed by atoms with Crippen LogP contribution in [0, 0.1) is 11.7 Å². The van der Waals surface area contributed by atoms with Crippen molar-refractivity contribution in [2.75, 3.05) is 19.7 Å².